The van der Waals surface area contributed by atoms with Crippen LogP contribution in [0.1, 0.15) is 5.56 Å². The van der Waals surface area contributed by atoms with Gasteiger partial charge in [-0.25, -0.2) is 0 Å². The molecule has 5 aromatic carbocycles. The van der Waals surface area contributed by atoms with Gasteiger partial charge in [0.1, 0.15) is 11.2 Å². The second kappa shape index (κ2) is 6.85. The fraction of sp³-hybridized carbons (Fsp3) is 0.0323. The van der Waals surface area contributed by atoms with Crippen molar-refractivity contribution in [2.45, 2.75) is 6.92 Å². The molecule has 0 spiro atoms. The standard InChI is InChI=1S/C31H21NO/c1-20-12-15-27-26(18-20)30-28(32(27)23-10-6-3-7-11-23)16-14-24-25-19-22(21-8-4-2-5-9-21)13-17-29(25)33-31(24)30/h2-19H,1H3. The minimum absolute atomic E-state index is 0.922. The zero-order valence-corrected chi connectivity index (χ0v) is 18.2. The number of rotatable bonds is 2. The molecule has 0 unspecified atom stereocenters. The highest BCUT2D eigenvalue weighted by molar-refractivity contribution is 6.24. The first kappa shape index (κ1) is 18.3. The lowest BCUT2D eigenvalue weighted by Gasteiger charge is -2.07. The molecule has 2 nitrogen and oxygen atoms in total. The molecular formula is C31H21NO. The van der Waals surface area contributed by atoms with Gasteiger partial charge in [0.05, 0.1) is 16.4 Å². The number of aryl methyl sites for hydroxylation is 1. The molecule has 0 saturated heterocycles. The quantitative estimate of drug-likeness (QED) is 0.272. The minimum Gasteiger partial charge on any atom is -0.455 e. The number of nitrogens with zero attached hydrogens (tertiary/aromatic N) is 1. The normalized spacial score (nSPS) is 11.8. The van der Waals surface area contributed by atoms with E-state index in [2.05, 4.69) is 121 Å². The Morgan fingerprint density at radius 3 is 2.15 bits per heavy atom. The second-order valence-electron chi connectivity index (χ2n) is 8.71. The topological polar surface area (TPSA) is 18.1 Å². The largest absolute Gasteiger partial charge is 0.455 e. The van der Waals surface area contributed by atoms with E-state index in [1.54, 1.807) is 0 Å². The van der Waals surface area contributed by atoms with Gasteiger partial charge in [-0.2, -0.15) is 0 Å². The van der Waals surface area contributed by atoms with Crippen molar-refractivity contribution >= 4 is 43.7 Å². The van der Waals surface area contributed by atoms with E-state index in [0.29, 0.717) is 0 Å². The Kier molecular flexibility index (Phi) is 3.80. The molecule has 0 amide bonds. The average molecular weight is 424 g/mol. The Morgan fingerprint density at radius 2 is 1.33 bits per heavy atom. The maximum atomic E-state index is 6.54. The van der Waals surface area contributed by atoms with Crippen LogP contribution in [0.3, 0.4) is 0 Å². The van der Waals surface area contributed by atoms with Crippen LogP contribution in [0, 0.1) is 6.92 Å². The van der Waals surface area contributed by atoms with Crippen molar-refractivity contribution in [3.63, 3.8) is 0 Å². The van der Waals surface area contributed by atoms with Gasteiger partial charge in [-0.3, -0.25) is 0 Å². The highest BCUT2D eigenvalue weighted by Crippen LogP contribution is 2.41. The van der Waals surface area contributed by atoms with Crippen molar-refractivity contribution in [3.8, 4) is 16.8 Å². The third-order valence-electron chi connectivity index (χ3n) is 6.64. The number of fused-ring (bicyclic) bond motifs is 7. The summed E-state index contributed by atoms with van der Waals surface area (Å²) in [4.78, 5) is 0. The molecule has 0 saturated carbocycles. The lowest BCUT2D eigenvalue weighted by Crippen LogP contribution is -1.92. The SMILES string of the molecule is Cc1ccc2c(c1)c1c3oc4ccc(-c5ccccc5)cc4c3ccc1n2-c1ccccc1. The second-order valence-corrected chi connectivity index (χ2v) is 8.71. The van der Waals surface area contributed by atoms with Crippen molar-refractivity contribution in [2.24, 2.45) is 0 Å². The van der Waals surface area contributed by atoms with E-state index in [1.165, 1.54) is 33.0 Å². The van der Waals surface area contributed by atoms with E-state index >= 15 is 0 Å². The summed E-state index contributed by atoms with van der Waals surface area (Å²) < 4.78 is 8.88. The molecule has 0 aliphatic rings. The molecule has 7 rings (SSSR count). The number of hydrogen-bond acceptors (Lipinski definition) is 1. The van der Waals surface area contributed by atoms with Crippen molar-refractivity contribution in [1.82, 2.24) is 4.57 Å². The molecule has 0 bridgehead atoms. The molecule has 7 aromatic rings. The van der Waals surface area contributed by atoms with Crippen LogP contribution in [0.5, 0.6) is 0 Å². The summed E-state index contributed by atoms with van der Waals surface area (Å²) in [7, 11) is 0. The molecule has 0 aliphatic heterocycles. The van der Waals surface area contributed by atoms with Crippen molar-refractivity contribution in [2.75, 3.05) is 0 Å². The van der Waals surface area contributed by atoms with E-state index in [-0.39, 0.29) is 0 Å². The van der Waals surface area contributed by atoms with Crippen LogP contribution in [-0.4, -0.2) is 4.57 Å². The highest BCUT2D eigenvalue weighted by atomic mass is 16.3. The van der Waals surface area contributed by atoms with Crippen molar-refractivity contribution in [1.29, 1.82) is 0 Å². The Labute approximate surface area is 191 Å². The smallest absolute Gasteiger partial charge is 0.145 e. The molecular weight excluding hydrogens is 402 g/mol. The Morgan fingerprint density at radius 1 is 0.576 bits per heavy atom. The van der Waals surface area contributed by atoms with Gasteiger partial charge < -0.3 is 8.98 Å². The molecule has 2 heterocycles. The minimum atomic E-state index is 0.922. The number of aromatic nitrogens is 1. The first-order valence-corrected chi connectivity index (χ1v) is 11.3. The fourth-order valence-corrected chi connectivity index (χ4v) is 5.12. The van der Waals surface area contributed by atoms with E-state index in [4.69, 9.17) is 4.42 Å². The van der Waals surface area contributed by atoms with Gasteiger partial charge in [0.15, 0.2) is 0 Å². The Bertz CT molecular complexity index is 1800. The number of furan rings is 1. The van der Waals surface area contributed by atoms with Crippen molar-refractivity contribution < 1.29 is 4.42 Å². The number of benzene rings is 5. The van der Waals surface area contributed by atoms with Crippen LogP contribution in [0.25, 0.3) is 60.6 Å². The first-order chi connectivity index (χ1) is 16.3. The molecule has 33 heavy (non-hydrogen) atoms. The summed E-state index contributed by atoms with van der Waals surface area (Å²) in [6.45, 7) is 2.15. The number of para-hydroxylation sites is 1. The van der Waals surface area contributed by atoms with Gasteiger partial charge in [-0.15, -0.1) is 0 Å². The molecule has 0 radical (unpaired) electrons. The predicted molar refractivity (Wildman–Crippen MR) is 138 cm³/mol. The molecule has 0 aliphatic carbocycles. The van der Waals surface area contributed by atoms with Crippen LogP contribution in [0.4, 0.5) is 0 Å². The maximum Gasteiger partial charge on any atom is 0.145 e. The average Bonchev–Trinajstić information content (AvgIpc) is 3.39. The molecule has 156 valence electrons. The van der Waals surface area contributed by atoms with E-state index in [1.807, 2.05) is 0 Å². The summed E-state index contributed by atoms with van der Waals surface area (Å²) in [5.41, 5.74) is 9.05. The number of hydrogen-bond donors (Lipinski definition) is 0. The monoisotopic (exact) mass is 423 g/mol. The molecule has 0 atom stereocenters. The van der Waals surface area contributed by atoms with Gasteiger partial charge in [-0.05, 0) is 66.6 Å². The maximum absolute atomic E-state index is 6.54. The van der Waals surface area contributed by atoms with E-state index < -0.39 is 0 Å². The van der Waals surface area contributed by atoms with E-state index in [9.17, 15) is 0 Å². The zero-order valence-electron chi connectivity index (χ0n) is 18.2. The van der Waals surface area contributed by atoms with Gasteiger partial charge in [0.25, 0.3) is 0 Å². The lowest BCUT2D eigenvalue weighted by molar-refractivity contribution is 0.673. The van der Waals surface area contributed by atoms with Crippen molar-refractivity contribution in [3.05, 3.63) is 115 Å². The summed E-state index contributed by atoms with van der Waals surface area (Å²) in [5, 5.41) is 4.71. The molecule has 0 fully saturated rings. The fourth-order valence-electron chi connectivity index (χ4n) is 5.12. The van der Waals surface area contributed by atoms with Crippen LogP contribution in [-0.2, 0) is 0 Å². The Balaban J connectivity index is 1.61. The van der Waals surface area contributed by atoms with Gasteiger partial charge in [0, 0.05) is 21.8 Å². The van der Waals surface area contributed by atoms with E-state index in [0.717, 1.165) is 33.1 Å². The van der Waals surface area contributed by atoms with Gasteiger partial charge >= 0.3 is 0 Å². The molecule has 2 heteroatoms. The third kappa shape index (κ3) is 2.68. The summed E-state index contributed by atoms with van der Waals surface area (Å²) in [6, 6.07) is 38.7. The molecule has 2 aromatic heterocycles. The first-order valence-electron chi connectivity index (χ1n) is 11.3. The van der Waals surface area contributed by atoms with Crippen LogP contribution in [0.15, 0.2) is 114 Å². The Hall–Kier alpha value is -4.30. The summed E-state index contributed by atoms with van der Waals surface area (Å²) >= 11 is 0. The van der Waals surface area contributed by atoms with Crippen LogP contribution < -0.4 is 0 Å². The predicted octanol–water partition coefficient (Wildman–Crippen LogP) is 8.66. The summed E-state index contributed by atoms with van der Waals surface area (Å²) in [6.07, 6.45) is 0. The lowest BCUT2D eigenvalue weighted by atomic mass is 10.0. The zero-order chi connectivity index (χ0) is 21.9. The van der Waals surface area contributed by atoms with Gasteiger partial charge in [-0.1, -0.05) is 66.2 Å². The summed E-state index contributed by atoms with van der Waals surface area (Å²) in [5.74, 6) is 0. The molecule has 0 N–H and O–H groups in total. The van der Waals surface area contributed by atoms with Crippen LogP contribution >= 0.6 is 0 Å². The third-order valence-corrected chi connectivity index (χ3v) is 6.64. The van der Waals surface area contributed by atoms with Crippen LogP contribution in [0.2, 0.25) is 0 Å². The van der Waals surface area contributed by atoms with Gasteiger partial charge in [0.2, 0.25) is 0 Å². The highest BCUT2D eigenvalue weighted by Gasteiger charge is 2.19.